The summed E-state index contributed by atoms with van der Waals surface area (Å²) in [5.74, 6) is -3.48. The van der Waals surface area contributed by atoms with E-state index in [-0.39, 0.29) is 30.3 Å². The number of ether oxygens (including phenoxy) is 5. The van der Waals surface area contributed by atoms with Crippen LogP contribution in [-0.2, 0) is 33.3 Å². The molecule has 4 heterocycles. The lowest BCUT2D eigenvalue weighted by molar-refractivity contribution is -0.275. The summed E-state index contributed by atoms with van der Waals surface area (Å²) in [7, 11) is 1.45. The van der Waals surface area contributed by atoms with Gasteiger partial charge < -0.3 is 38.3 Å². The second kappa shape index (κ2) is 8.38. The number of carbonyl (C=O) groups is 2. The number of aliphatic hydroxyl groups excluding tert-OH is 1. The number of fused-ring (bicyclic) bond motifs is 6. The number of Topliss-reactive ketones (excluding diaryl/α,β-unsaturated/α-hetero) is 2. The first-order valence-electron chi connectivity index (χ1n) is 15.1. The molecule has 1 aromatic rings. The molecule has 0 aromatic carbocycles. The fraction of sp³-hybridized carbons (Fsp3) is 0.774. The zero-order valence-electron chi connectivity index (χ0n) is 24.2. The molecule has 1 spiro atoms. The highest BCUT2D eigenvalue weighted by Crippen LogP contribution is 2.77. The highest BCUT2D eigenvalue weighted by atomic mass is 16.8. The van der Waals surface area contributed by atoms with E-state index in [0.717, 1.165) is 0 Å². The monoisotopic (exact) mass is 586 g/mol. The third-order valence-corrected chi connectivity index (χ3v) is 12.6. The molecule has 11 heteroatoms. The molecule has 0 radical (unpaired) electrons. The van der Waals surface area contributed by atoms with Gasteiger partial charge in [0.15, 0.2) is 5.78 Å². The van der Waals surface area contributed by atoms with Gasteiger partial charge in [-0.05, 0) is 68.9 Å². The SMILES string of the molecule is COC12CC(C)OC(OC3CC4CC5OC56C(C(O)C(=O)C5(C)C(c7ccc(=O)oc7)CCC56O)C4(C)CC3O1)C2=O. The molecular formula is C31H38O11. The van der Waals surface area contributed by atoms with E-state index in [1.165, 1.54) is 19.4 Å². The molecule has 11 nitrogen and oxygen atoms in total. The average molecular weight is 587 g/mol. The van der Waals surface area contributed by atoms with Crippen LogP contribution in [0.15, 0.2) is 27.6 Å². The second-order valence-electron chi connectivity index (χ2n) is 14.2. The van der Waals surface area contributed by atoms with Crippen LogP contribution in [-0.4, -0.2) is 82.7 Å². The minimum absolute atomic E-state index is 0.0204. The summed E-state index contributed by atoms with van der Waals surface area (Å²) in [5.41, 5.74) is -4.54. The van der Waals surface area contributed by atoms with Crippen molar-refractivity contribution in [2.24, 2.45) is 22.7 Å². The zero-order chi connectivity index (χ0) is 29.6. The molecule has 4 saturated carbocycles. The Morgan fingerprint density at radius 1 is 1.00 bits per heavy atom. The van der Waals surface area contributed by atoms with E-state index in [2.05, 4.69) is 6.92 Å². The molecule has 7 fully saturated rings. The van der Waals surface area contributed by atoms with Gasteiger partial charge in [-0.15, -0.1) is 0 Å². The predicted octanol–water partition coefficient (Wildman–Crippen LogP) is 1.60. The highest BCUT2D eigenvalue weighted by Gasteiger charge is 2.88. The molecule has 2 bridgehead atoms. The first kappa shape index (κ1) is 27.6. The molecule has 14 atom stereocenters. The van der Waals surface area contributed by atoms with Crippen LogP contribution in [0.4, 0.5) is 0 Å². The van der Waals surface area contributed by atoms with Crippen molar-refractivity contribution in [1.29, 1.82) is 0 Å². The number of carbonyl (C=O) groups excluding carboxylic acids is 2. The Morgan fingerprint density at radius 2 is 1.79 bits per heavy atom. The van der Waals surface area contributed by atoms with Gasteiger partial charge in [-0.2, -0.15) is 0 Å². The number of rotatable bonds is 2. The van der Waals surface area contributed by atoms with Gasteiger partial charge in [0.05, 0.1) is 36.1 Å². The van der Waals surface area contributed by atoms with E-state index >= 15 is 0 Å². The van der Waals surface area contributed by atoms with Crippen molar-refractivity contribution < 1.29 is 47.9 Å². The van der Waals surface area contributed by atoms with Gasteiger partial charge in [0.25, 0.3) is 0 Å². The third-order valence-electron chi connectivity index (χ3n) is 12.6. The number of hydrogen-bond acceptors (Lipinski definition) is 11. The van der Waals surface area contributed by atoms with Gasteiger partial charge >= 0.3 is 5.63 Å². The summed E-state index contributed by atoms with van der Waals surface area (Å²) in [6.45, 7) is 5.64. The number of aliphatic hydroxyl groups is 2. The lowest BCUT2D eigenvalue weighted by Crippen LogP contribution is -2.76. The second-order valence-corrected chi connectivity index (χ2v) is 14.2. The van der Waals surface area contributed by atoms with E-state index in [4.69, 9.17) is 28.1 Å². The lowest BCUT2D eigenvalue weighted by atomic mass is 9.41. The number of hydrogen-bond donors (Lipinski definition) is 2. The van der Waals surface area contributed by atoms with E-state index in [1.807, 2.05) is 6.92 Å². The lowest BCUT2D eigenvalue weighted by Gasteiger charge is -2.63. The van der Waals surface area contributed by atoms with Gasteiger partial charge in [0.1, 0.15) is 17.3 Å². The van der Waals surface area contributed by atoms with E-state index < -0.39 is 75.7 Å². The largest absolute Gasteiger partial charge is 0.431 e. The predicted molar refractivity (Wildman–Crippen MR) is 141 cm³/mol. The minimum Gasteiger partial charge on any atom is -0.431 e. The van der Waals surface area contributed by atoms with E-state index in [1.54, 1.807) is 13.0 Å². The quantitative estimate of drug-likeness (QED) is 0.384. The van der Waals surface area contributed by atoms with Gasteiger partial charge in [0, 0.05) is 31.4 Å². The third kappa shape index (κ3) is 3.03. The molecule has 1 aromatic heterocycles. The van der Waals surface area contributed by atoms with Crippen molar-refractivity contribution in [2.45, 2.75) is 119 Å². The molecule has 7 aliphatic rings. The van der Waals surface area contributed by atoms with Crippen LogP contribution in [0.2, 0.25) is 0 Å². The van der Waals surface area contributed by atoms with Crippen molar-refractivity contribution in [3.05, 3.63) is 34.4 Å². The van der Waals surface area contributed by atoms with Crippen LogP contribution < -0.4 is 5.63 Å². The van der Waals surface area contributed by atoms with Crippen LogP contribution in [0.1, 0.15) is 70.8 Å². The maximum Gasteiger partial charge on any atom is 0.335 e. The Kier molecular flexibility index (Phi) is 5.50. The molecule has 3 saturated heterocycles. The van der Waals surface area contributed by atoms with Gasteiger partial charge in [-0.25, -0.2) is 4.79 Å². The molecule has 228 valence electrons. The van der Waals surface area contributed by atoms with E-state index in [9.17, 15) is 24.6 Å². The van der Waals surface area contributed by atoms with Crippen molar-refractivity contribution in [1.82, 2.24) is 0 Å². The molecule has 2 N–H and O–H groups in total. The number of methoxy groups -OCH3 is 1. The Labute approximate surface area is 242 Å². The molecule has 3 aliphatic heterocycles. The number of epoxide rings is 1. The van der Waals surface area contributed by atoms with Crippen LogP contribution in [0, 0.1) is 22.7 Å². The van der Waals surface area contributed by atoms with Crippen LogP contribution in [0.5, 0.6) is 0 Å². The van der Waals surface area contributed by atoms with Crippen molar-refractivity contribution >= 4 is 11.6 Å². The van der Waals surface area contributed by atoms with Gasteiger partial charge in [-0.1, -0.05) is 6.92 Å². The van der Waals surface area contributed by atoms with Crippen molar-refractivity contribution in [2.75, 3.05) is 7.11 Å². The fourth-order valence-corrected chi connectivity index (χ4v) is 10.6. The van der Waals surface area contributed by atoms with Gasteiger partial charge in [0.2, 0.25) is 17.9 Å². The van der Waals surface area contributed by atoms with Gasteiger partial charge in [-0.3, -0.25) is 9.59 Å². The van der Waals surface area contributed by atoms with Crippen molar-refractivity contribution in [3.8, 4) is 0 Å². The first-order chi connectivity index (χ1) is 19.8. The average Bonchev–Trinajstić information content (AvgIpc) is 3.61. The Morgan fingerprint density at radius 3 is 2.50 bits per heavy atom. The Balaban J connectivity index is 1.19. The normalized spacial score (nSPS) is 55.9. The summed E-state index contributed by atoms with van der Waals surface area (Å²) in [6.07, 6.45) is -0.247. The summed E-state index contributed by atoms with van der Waals surface area (Å²) >= 11 is 0. The summed E-state index contributed by atoms with van der Waals surface area (Å²) in [6, 6.07) is 2.95. The zero-order valence-corrected chi connectivity index (χ0v) is 24.2. The Hall–Kier alpha value is -1.99. The standard InChI is InChI=1S/C31H38O11/c1-14-11-29(37-4)25(35)26(39-14)40-18-9-16-10-20-31(42-20)23(27(16,2)12-19(18)41-29)22(33)24(34)28(3)17(7-8-30(28,31)36)15-5-6-21(32)38-13-15/h5-6,13-14,16-20,22-23,26,33,36H,7-12H2,1-4H3. The van der Waals surface area contributed by atoms with Crippen LogP contribution >= 0.6 is 0 Å². The number of ketones is 2. The summed E-state index contributed by atoms with van der Waals surface area (Å²) < 4.78 is 36.1. The molecule has 8 rings (SSSR count). The maximum atomic E-state index is 14.4. The molecule has 14 unspecified atom stereocenters. The summed E-state index contributed by atoms with van der Waals surface area (Å²) in [4.78, 5) is 39.4. The molecule has 0 amide bonds. The van der Waals surface area contributed by atoms with Crippen LogP contribution in [0.3, 0.4) is 0 Å². The molecule has 4 aliphatic carbocycles. The highest BCUT2D eigenvalue weighted by molar-refractivity contribution is 5.94. The van der Waals surface area contributed by atoms with Crippen LogP contribution in [0.25, 0.3) is 0 Å². The Bertz CT molecular complexity index is 1400. The van der Waals surface area contributed by atoms with Crippen molar-refractivity contribution in [3.63, 3.8) is 0 Å². The van der Waals surface area contributed by atoms with E-state index in [0.29, 0.717) is 37.7 Å². The molecular weight excluding hydrogens is 548 g/mol. The maximum absolute atomic E-state index is 14.4. The topological polar surface area (TPSA) is 154 Å². The smallest absolute Gasteiger partial charge is 0.335 e. The molecule has 42 heavy (non-hydrogen) atoms. The first-order valence-corrected chi connectivity index (χ1v) is 15.1. The minimum atomic E-state index is -1.54. The fourth-order valence-electron chi connectivity index (χ4n) is 10.6. The summed E-state index contributed by atoms with van der Waals surface area (Å²) in [5, 5.41) is 24.7.